The van der Waals surface area contributed by atoms with E-state index in [1.54, 1.807) is 24.2 Å². The van der Waals surface area contributed by atoms with Gasteiger partial charge in [0.25, 0.3) is 0 Å². The van der Waals surface area contributed by atoms with Crippen molar-refractivity contribution in [2.24, 2.45) is 0 Å². The molecule has 1 aromatic carbocycles. The fraction of sp³-hybridized carbons (Fsp3) is 0.261. The Bertz CT molecular complexity index is 1060. The first-order valence-electron chi connectivity index (χ1n) is 9.86. The van der Waals surface area contributed by atoms with E-state index in [-0.39, 0.29) is 18.4 Å². The van der Waals surface area contributed by atoms with Crippen molar-refractivity contribution in [1.29, 1.82) is 0 Å². The Morgan fingerprint density at radius 1 is 1.27 bits per heavy atom. The lowest BCUT2D eigenvalue weighted by molar-refractivity contribution is -0.124. The normalized spacial score (nSPS) is 15.7. The second-order valence-corrected chi connectivity index (χ2v) is 7.55. The number of carbonyl (C=O) groups excluding carboxylic acids is 2. The Balaban J connectivity index is 1.41. The van der Waals surface area contributed by atoms with E-state index in [1.807, 2.05) is 31.2 Å². The van der Waals surface area contributed by atoms with E-state index < -0.39 is 0 Å². The zero-order valence-electron chi connectivity index (χ0n) is 17.1. The summed E-state index contributed by atoms with van der Waals surface area (Å²) in [6.07, 6.45) is 5.73. The van der Waals surface area contributed by atoms with Crippen molar-refractivity contribution < 1.29 is 14.3 Å². The highest BCUT2D eigenvalue weighted by molar-refractivity contribution is 5.93. The summed E-state index contributed by atoms with van der Waals surface area (Å²) in [4.78, 5) is 30.1. The smallest absolute Gasteiger partial charge is 0.246 e. The lowest BCUT2D eigenvalue weighted by Crippen LogP contribution is -2.30. The summed E-state index contributed by atoms with van der Waals surface area (Å²) in [6, 6.07) is 9.87. The summed E-state index contributed by atoms with van der Waals surface area (Å²) in [7, 11) is 1.76. The summed E-state index contributed by atoms with van der Waals surface area (Å²) in [6.45, 7) is 3.24. The number of nitrogens with one attached hydrogen (secondary N) is 2. The van der Waals surface area contributed by atoms with Gasteiger partial charge in [0.15, 0.2) is 0 Å². The number of pyridine rings is 1. The minimum Gasteiger partial charge on any atom is -0.460 e. The number of aromatic nitrogens is 1. The van der Waals surface area contributed by atoms with Gasteiger partial charge in [-0.05, 0) is 41.8 Å². The van der Waals surface area contributed by atoms with Gasteiger partial charge in [0, 0.05) is 37.8 Å². The number of anilines is 1. The number of benzene rings is 1. The number of fused-ring (bicyclic) bond motifs is 2. The van der Waals surface area contributed by atoms with Gasteiger partial charge in [-0.15, -0.1) is 0 Å². The summed E-state index contributed by atoms with van der Waals surface area (Å²) in [5, 5.41) is 5.81. The van der Waals surface area contributed by atoms with Crippen LogP contribution in [0.5, 0.6) is 5.75 Å². The molecule has 2 aliphatic rings. The van der Waals surface area contributed by atoms with Gasteiger partial charge in [0.1, 0.15) is 17.3 Å². The van der Waals surface area contributed by atoms with Gasteiger partial charge in [-0.2, -0.15) is 0 Å². The van der Waals surface area contributed by atoms with E-state index in [0.29, 0.717) is 18.9 Å². The summed E-state index contributed by atoms with van der Waals surface area (Å²) < 4.78 is 6.02. The van der Waals surface area contributed by atoms with Gasteiger partial charge in [-0.3, -0.25) is 9.59 Å². The molecule has 2 aliphatic heterocycles. The number of allylic oxidation sites excluding steroid dienone is 1. The first-order chi connectivity index (χ1) is 14.5. The molecule has 154 valence electrons. The number of ether oxygens (including phenoxy) is 1. The Morgan fingerprint density at radius 3 is 2.97 bits per heavy atom. The van der Waals surface area contributed by atoms with Gasteiger partial charge in [-0.1, -0.05) is 18.2 Å². The van der Waals surface area contributed by atoms with Crippen molar-refractivity contribution in [1.82, 2.24) is 15.2 Å². The van der Waals surface area contributed by atoms with Gasteiger partial charge in [0.05, 0.1) is 13.1 Å². The molecular formula is C23H24N4O3. The molecule has 4 rings (SSSR count). The monoisotopic (exact) mass is 404 g/mol. The molecule has 0 atom stereocenters. The molecule has 7 heteroatoms. The van der Waals surface area contributed by atoms with Crippen LogP contribution in [0.3, 0.4) is 0 Å². The van der Waals surface area contributed by atoms with E-state index in [4.69, 9.17) is 4.74 Å². The number of hydrogen-bond acceptors (Lipinski definition) is 5. The van der Waals surface area contributed by atoms with Crippen LogP contribution in [0.4, 0.5) is 5.82 Å². The van der Waals surface area contributed by atoms with E-state index in [0.717, 1.165) is 40.2 Å². The molecule has 3 heterocycles. The number of nitrogens with zero attached hydrogens (tertiary/aromatic N) is 2. The molecule has 0 bridgehead atoms. The molecule has 0 fully saturated rings. The maximum Gasteiger partial charge on any atom is 0.246 e. The third kappa shape index (κ3) is 4.41. The van der Waals surface area contributed by atoms with E-state index in [2.05, 4.69) is 21.7 Å². The lowest BCUT2D eigenvalue weighted by atomic mass is 10.0. The highest BCUT2D eigenvalue weighted by Gasteiger charge is 2.19. The Kier molecular flexibility index (Phi) is 5.63. The van der Waals surface area contributed by atoms with Crippen LogP contribution in [-0.2, 0) is 22.6 Å². The van der Waals surface area contributed by atoms with Crippen LogP contribution in [0.15, 0.2) is 53.9 Å². The van der Waals surface area contributed by atoms with Crippen LogP contribution >= 0.6 is 0 Å². The first kappa shape index (κ1) is 19.8. The molecule has 0 aliphatic carbocycles. The van der Waals surface area contributed by atoms with Crippen molar-refractivity contribution in [2.45, 2.75) is 19.9 Å². The highest BCUT2D eigenvalue weighted by Crippen LogP contribution is 2.29. The number of carbonyl (C=O) groups is 2. The predicted molar refractivity (Wildman–Crippen MR) is 115 cm³/mol. The van der Waals surface area contributed by atoms with E-state index in [9.17, 15) is 9.59 Å². The average Bonchev–Trinajstić information content (AvgIpc) is 2.92. The fourth-order valence-corrected chi connectivity index (χ4v) is 3.46. The Morgan fingerprint density at radius 2 is 2.10 bits per heavy atom. The third-order valence-electron chi connectivity index (χ3n) is 5.16. The molecule has 0 saturated heterocycles. The van der Waals surface area contributed by atoms with E-state index in [1.165, 1.54) is 6.08 Å². The SMILES string of the molecule is CC1=C(CN(C)C(=O)/C=C/c2cnc3c(c2)CNCC(=O)N3)Oc2ccccc2C1. The maximum atomic E-state index is 12.6. The van der Waals surface area contributed by atoms with Crippen LogP contribution in [0, 0.1) is 0 Å². The fourth-order valence-electron chi connectivity index (χ4n) is 3.46. The van der Waals surface area contributed by atoms with Gasteiger partial charge in [-0.25, -0.2) is 4.98 Å². The van der Waals surface area contributed by atoms with Crippen LogP contribution < -0.4 is 15.4 Å². The second-order valence-electron chi connectivity index (χ2n) is 7.55. The molecule has 2 N–H and O–H groups in total. The molecule has 0 unspecified atom stereocenters. The van der Waals surface area contributed by atoms with Crippen LogP contribution in [-0.4, -0.2) is 41.8 Å². The minimum atomic E-state index is -0.126. The van der Waals surface area contributed by atoms with Crippen molar-refractivity contribution in [3.63, 3.8) is 0 Å². The van der Waals surface area contributed by atoms with E-state index >= 15 is 0 Å². The maximum absolute atomic E-state index is 12.6. The quantitative estimate of drug-likeness (QED) is 0.765. The van der Waals surface area contributed by atoms with Crippen molar-refractivity contribution in [3.8, 4) is 5.75 Å². The van der Waals surface area contributed by atoms with Gasteiger partial charge in [0.2, 0.25) is 11.8 Å². The summed E-state index contributed by atoms with van der Waals surface area (Å²) in [5.41, 5.74) is 3.97. The molecule has 0 spiro atoms. The predicted octanol–water partition coefficient (Wildman–Crippen LogP) is 2.50. The molecule has 0 saturated carbocycles. The first-order valence-corrected chi connectivity index (χ1v) is 9.86. The molecule has 7 nitrogen and oxygen atoms in total. The Labute approximate surface area is 175 Å². The molecule has 30 heavy (non-hydrogen) atoms. The summed E-state index contributed by atoms with van der Waals surface area (Å²) in [5.74, 6) is 1.98. The van der Waals surface area contributed by atoms with Crippen LogP contribution in [0.1, 0.15) is 23.6 Å². The van der Waals surface area contributed by atoms with Crippen LogP contribution in [0.2, 0.25) is 0 Å². The van der Waals surface area contributed by atoms with Crippen molar-refractivity contribution >= 4 is 23.7 Å². The third-order valence-corrected chi connectivity index (χ3v) is 5.16. The number of para-hydroxylation sites is 1. The average molecular weight is 404 g/mol. The highest BCUT2D eigenvalue weighted by atomic mass is 16.5. The van der Waals surface area contributed by atoms with Crippen molar-refractivity contribution in [3.05, 3.63) is 70.6 Å². The van der Waals surface area contributed by atoms with Crippen LogP contribution in [0.25, 0.3) is 6.08 Å². The Hall–Kier alpha value is -3.45. The minimum absolute atomic E-state index is 0.113. The zero-order chi connectivity index (χ0) is 21.1. The summed E-state index contributed by atoms with van der Waals surface area (Å²) >= 11 is 0. The largest absolute Gasteiger partial charge is 0.460 e. The number of amides is 2. The molecular weight excluding hydrogens is 380 g/mol. The molecule has 2 aromatic rings. The van der Waals surface area contributed by atoms with Crippen molar-refractivity contribution in [2.75, 3.05) is 25.5 Å². The van der Waals surface area contributed by atoms with Gasteiger partial charge < -0.3 is 20.3 Å². The number of hydrogen-bond donors (Lipinski definition) is 2. The molecule has 1 aromatic heterocycles. The topological polar surface area (TPSA) is 83.6 Å². The number of likely N-dealkylation sites (N-methyl/N-ethyl adjacent to an activating group) is 1. The standard InChI is InChI=1S/C23H24N4O3/c1-15-9-17-5-3-4-6-19(17)30-20(15)14-27(2)22(29)8-7-16-10-18-12-24-13-21(28)26-23(18)25-11-16/h3-8,10-11,24H,9,12-14H2,1-2H3,(H,25,26,28)/b8-7+. The molecule has 2 amide bonds. The number of rotatable bonds is 4. The zero-order valence-corrected chi connectivity index (χ0v) is 17.1. The lowest BCUT2D eigenvalue weighted by Gasteiger charge is -2.25. The molecule has 0 radical (unpaired) electrons. The van der Waals surface area contributed by atoms with Gasteiger partial charge >= 0.3 is 0 Å². The second kappa shape index (κ2) is 8.51.